The maximum atomic E-state index is 8.56. The van der Waals surface area contributed by atoms with Crippen molar-refractivity contribution in [3.05, 3.63) is 0 Å². The first kappa shape index (κ1) is 40.4. The Bertz CT molecular complexity index is 413. The lowest BCUT2D eigenvalue weighted by molar-refractivity contribution is -0.142. The van der Waals surface area contributed by atoms with E-state index in [0.29, 0.717) is 145 Å². The third-order valence-electron chi connectivity index (χ3n) is 4.52. The molecule has 41 heavy (non-hydrogen) atoms. The van der Waals surface area contributed by atoms with Gasteiger partial charge in [0.2, 0.25) is 0 Å². The molecule has 0 spiro atoms. The van der Waals surface area contributed by atoms with Gasteiger partial charge in [-0.2, -0.15) is 0 Å². The smallest absolute Gasteiger partial charge is 0.149 e. The van der Waals surface area contributed by atoms with Crippen LogP contribution in [-0.4, -0.2) is 182 Å². The summed E-state index contributed by atoms with van der Waals surface area (Å²) in [6.45, 7) is 10.4. The summed E-state index contributed by atoms with van der Waals surface area (Å²) >= 11 is 0. The van der Waals surface area contributed by atoms with Gasteiger partial charge in [0, 0.05) is 0 Å². The molecule has 0 aliphatic heterocycles. The lowest BCUT2D eigenvalue weighted by Gasteiger charge is -2.09. The lowest BCUT2D eigenvalue weighted by atomic mass is 10.7. The predicted octanol–water partition coefficient (Wildman–Crippen LogP) is -0.898. The minimum atomic E-state index is 0.0206. The molecule has 0 aliphatic carbocycles. The first-order valence-electron chi connectivity index (χ1n) is 14.1. The van der Waals surface area contributed by atoms with Gasteiger partial charge in [-0.25, -0.2) is 0 Å². The van der Waals surface area contributed by atoms with Gasteiger partial charge in [0.1, 0.15) is 13.6 Å². The summed E-state index contributed by atoms with van der Waals surface area (Å²) in [6.07, 6.45) is 0. The van der Waals surface area contributed by atoms with Crippen LogP contribution in [0.15, 0.2) is 0 Å². The van der Waals surface area contributed by atoms with E-state index >= 15 is 0 Å². The summed E-state index contributed by atoms with van der Waals surface area (Å²) in [5.74, 6) is 0. The van der Waals surface area contributed by atoms with Crippen molar-refractivity contribution < 1.29 is 71.8 Å². The Morgan fingerprint density at radius 1 is 0.195 bits per heavy atom. The van der Waals surface area contributed by atoms with Gasteiger partial charge in [0.05, 0.1) is 159 Å². The first-order valence-corrected chi connectivity index (χ1v) is 14.1. The van der Waals surface area contributed by atoms with Gasteiger partial charge in [0.15, 0.2) is 0 Å². The van der Waals surface area contributed by atoms with Gasteiger partial charge in [-0.3, -0.25) is 0 Å². The molecule has 0 unspecified atom stereocenters. The minimum Gasteiger partial charge on any atom is -0.394 e. The predicted molar refractivity (Wildman–Crippen MR) is 145 cm³/mol. The molecule has 0 aromatic rings. The molecule has 0 rings (SSSR count). The highest BCUT2D eigenvalue weighted by Crippen LogP contribution is 1.87. The average Bonchev–Trinajstić information content (AvgIpc) is 2.98. The second-order valence-electron chi connectivity index (χ2n) is 7.83. The van der Waals surface area contributed by atoms with Crippen LogP contribution in [0.4, 0.5) is 0 Å². The quantitative estimate of drug-likeness (QED) is 0.0657. The molecule has 0 aliphatic rings. The standard InChI is InChI=1S/C26H54O15/c27-1-3-29-5-7-31-9-11-33-13-15-35-17-19-37-21-23-39-25-41-26-40-24-22-38-20-18-36-16-14-34-12-10-32-8-6-30-4-2-28/h27-28H,1-26H2. The molecule has 0 saturated heterocycles. The normalized spacial score (nSPS) is 11.6. The van der Waals surface area contributed by atoms with E-state index in [9.17, 15) is 0 Å². The van der Waals surface area contributed by atoms with Crippen molar-refractivity contribution in [2.24, 2.45) is 0 Å². The zero-order valence-electron chi connectivity index (χ0n) is 24.6. The highest BCUT2D eigenvalue weighted by Gasteiger charge is 1.96. The van der Waals surface area contributed by atoms with Crippen LogP contribution < -0.4 is 0 Å². The highest BCUT2D eigenvalue weighted by atomic mass is 16.7. The number of hydrogen-bond acceptors (Lipinski definition) is 15. The summed E-state index contributed by atoms with van der Waals surface area (Å²) in [4.78, 5) is 0. The lowest BCUT2D eigenvalue weighted by Crippen LogP contribution is -2.15. The van der Waals surface area contributed by atoms with Crippen molar-refractivity contribution >= 4 is 0 Å². The Morgan fingerprint density at radius 3 is 0.561 bits per heavy atom. The Morgan fingerprint density at radius 2 is 0.366 bits per heavy atom. The van der Waals surface area contributed by atoms with E-state index < -0.39 is 0 Å². The van der Waals surface area contributed by atoms with Gasteiger partial charge >= 0.3 is 0 Å². The van der Waals surface area contributed by atoms with Crippen LogP contribution in [0.1, 0.15) is 0 Å². The zero-order chi connectivity index (χ0) is 29.6. The van der Waals surface area contributed by atoms with Crippen LogP contribution in [0.2, 0.25) is 0 Å². The number of rotatable bonds is 38. The number of aliphatic hydroxyl groups is 2. The number of ether oxygens (including phenoxy) is 13. The van der Waals surface area contributed by atoms with Crippen LogP contribution >= 0.6 is 0 Å². The fourth-order valence-corrected chi connectivity index (χ4v) is 2.60. The Kier molecular flexibility index (Phi) is 38.8. The van der Waals surface area contributed by atoms with E-state index in [1.54, 1.807) is 0 Å². The van der Waals surface area contributed by atoms with Crippen LogP contribution in [0.5, 0.6) is 0 Å². The first-order chi connectivity index (χ1) is 20.4. The number of hydrogen-bond donors (Lipinski definition) is 2. The Balaban J connectivity index is 3.02. The fraction of sp³-hybridized carbons (Fsp3) is 1.00. The third kappa shape index (κ3) is 39.4. The van der Waals surface area contributed by atoms with Crippen molar-refractivity contribution in [3.8, 4) is 0 Å². The van der Waals surface area contributed by atoms with Crippen LogP contribution in [0.3, 0.4) is 0 Å². The van der Waals surface area contributed by atoms with Crippen LogP contribution in [-0.2, 0) is 61.6 Å². The summed E-state index contributed by atoms with van der Waals surface area (Å²) in [5.41, 5.74) is 0. The monoisotopic (exact) mass is 606 g/mol. The average molecular weight is 607 g/mol. The highest BCUT2D eigenvalue weighted by molar-refractivity contribution is 4.38. The van der Waals surface area contributed by atoms with E-state index in [1.807, 2.05) is 0 Å². The van der Waals surface area contributed by atoms with Crippen LogP contribution in [0, 0.1) is 0 Å². The summed E-state index contributed by atoms with van der Waals surface area (Å²) in [7, 11) is 0. The van der Waals surface area contributed by atoms with Gasteiger partial charge in [-0.05, 0) is 0 Å². The molecular weight excluding hydrogens is 552 g/mol. The van der Waals surface area contributed by atoms with E-state index in [2.05, 4.69) is 0 Å². The third-order valence-corrected chi connectivity index (χ3v) is 4.52. The molecule has 2 N–H and O–H groups in total. The zero-order valence-corrected chi connectivity index (χ0v) is 24.6. The van der Waals surface area contributed by atoms with Crippen LogP contribution in [0.25, 0.3) is 0 Å². The van der Waals surface area contributed by atoms with Crippen molar-refractivity contribution in [3.63, 3.8) is 0 Å². The minimum absolute atomic E-state index is 0.0206. The maximum Gasteiger partial charge on any atom is 0.149 e. The molecule has 0 aromatic carbocycles. The van der Waals surface area contributed by atoms with Gasteiger partial charge in [0.25, 0.3) is 0 Å². The molecule has 0 heterocycles. The molecular formula is C26H54O15. The van der Waals surface area contributed by atoms with E-state index in [4.69, 9.17) is 71.8 Å². The van der Waals surface area contributed by atoms with Crippen molar-refractivity contribution in [1.29, 1.82) is 0 Å². The topological polar surface area (TPSA) is 160 Å². The van der Waals surface area contributed by atoms with E-state index in [-0.39, 0.29) is 26.8 Å². The molecule has 0 saturated carbocycles. The molecule has 0 aromatic heterocycles. The van der Waals surface area contributed by atoms with Crippen molar-refractivity contribution in [2.75, 3.05) is 172 Å². The van der Waals surface area contributed by atoms with Gasteiger partial charge in [-0.15, -0.1) is 0 Å². The largest absolute Gasteiger partial charge is 0.394 e. The molecule has 0 atom stereocenters. The van der Waals surface area contributed by atoms with Gasteiger partial charge in [-0.1, -0.05) is 0 Å². The molecule has 0 bridgehead atoms. The van der Waals surface area contributed by atoms with E-state index in [0.717, 1.165) is 0 Å². The Labute approximate surface area is 244 Å². The maximum absolute atomic E-state index is 8.56. The van der Waals surface area contributed by atoms with E-state index in [1.165, 1.54) is 0 Å². The van der Waals surface area contributed by atoms with Gasteiger partial charge < -0.3 is 71.8 Å². The van der Waals surface area contributed by atoms with Crippen molar-refractivity contribution in [1.82, 2.24) is 0 Å². The second kappa shape index (κ2) is 39.4. The fourth-order valence-electron chi connectivity index (χ4n) is 2.60. The second-order valence-corrected chi connectivity index (χ2v) is 7.83. The SMILES string of the molecule is OCCOCCOCCOCCOCCOCCOCOCOCCOCCOCCOCCOCCOCCO. The summed E-state index contributed by atoms with van der Waals surface area (Å²) in [6, 6.07) is 0. The molecule has 15 heteroatoms. The number of aliphatic hydroxyl groups excluding tert-OH is 2. The summed E-state index contributed by atoms with van der Waals surface area (Å²) in [5, 5.41) is 17.1. The molecule has 0 amide bonds. The molecule has 248 valence electrons. The molecule has 0 fully saturated rings. The Hall–Kier alpha value is -0.600. The molecule has 15 nitrogen and oxygen atoms in total. The van der Waals surface area contributed by atoms with Crippen molar-refractivity contribution in [2.45, 2.75) is 0 Å². The molecule has 0 radical (unpaired) electrons. The summed E-state index contributed by atoms with van der Waals surface area (Å²) < 4.78 is 69.0.